The number of ketones is 2. The number of nitrogens with zero attached hydrogens (tertiary/aromatic N) is 3. The molecule has 0 N–H and O–H groups in total. The van der Waals surface area contributed by atoms with Gasteiger partial charge in [-0.25, -0.2) is 0 Å². The first kappa shape index (κ1) is 30.5. The van der Waals surface area contributed by atoms with E-state index >= 15 is 0 Å². The molecule has 0 radical (unpaired) electrons. The molecule has 3 aromatic rings. The van der Waals surface area contributed by atoms with Gasteiger partial charge in [0.2, 0.25) is 0 Å². The van der Waals surface area contributed by atoms with Crippen LogP contribution in [0, 0.1) is 26.1 Å². The molecule has 3 aromatic carbocycles. The maximum atomic E-state index is 13.7. The smallest absolute Gasteiger partial charge is 0.269 e. The van der Waals surface area contributed by atoms with Gasteiger partial charge in [0.1, 0.15) is 12.4 Å². The summed E-state index contributed by atoms with van der Waals surface area (Å²) in [4.78, 5) is 50.8. The summed E-state index contributed by atoms with van der Waals surface area (Å²) in [6, 6.07) is 18.8. The molecule has 1 aliphatic heterocycles. The standard InChI is InChI=1S/C34H33N3O7/c38-33(26-8-14-32(15-9-26)44-19-18-35-16-2-1-3-17-35)29-22-27(20-24-4-10-30(11-5-24)36(40)41)34(39)28(23-29)21-25-6-12-31(13-7-25)37(42)43/h4-15,20-21,29H,1-3,16-19,22-23H2/b27-20+,28-21+. The first-order valence-electron chi connectivity index (χ1n) is 14.7. The maximum Gasteiger partial charge on any atom is 0.269 e. The summed E-state index contributed by atoms with van der Waals surface area (Å²) in [7, 11) is 0. The Bertz CT molecular complexity index is 1510. The molecule has 0 aromatic heterocycles. The molecule has 10 nitrogen and oxygen atoms in total. The molecule has 2 aliphatic rings. The van der Waals surface area contributed by atoms with Gasteiger partial charge in [0.25, 0.3) is 11.4 Å². The van der Waals surface area contributed by atoms with Crippen molar-refractivity contribution in [3.63, 3.8) is 0 Å². The summed E-state index contributed by atoms with van der Waals surface area (Å²) in [6.07, 6.45) is 7.46. The molecule has 0 unspecified atom stereocenters. The number of benzene rings is 3. The number of piperidine rings is 1. The first-order valence-corrected chi connectivity index (χ1v) is 14.7. The molecular weight excluding hydrogens is 562 g/mol. The van der Waals surface area contributed by atoms with Crippen LogP contribution >= 0.6 is 0 Å². The molecule has 0 spiro atoms. The first-order chi connectivity index (χ1) is 21.3. The van der Waals surface area contributed by atoms with Crippen molar-refractivity contribution in [3.8, 4) is 5.75 Å². The Morgan fingerprint density at radius 2 is 1.27 bits per heavy atom. The average molecular weight is 596 g/mol. The predicted molar refractivity (Wildman–Crippen MR) is 166 cm³/mol. The minimum absolute atomic E-state index is 0.0622. The summed E-state index contributed by atoms with van der Waals surface area (Å²) >= 11 is 0. The molecule has 0 atom stereocenters. The number of rotatable bonds is 10. The van der Waals surface area contributed by atoms with Crippen molar-refractivity contribution in [1.29, 1.82) is 0 Å². The fraction of sp³-hybridized carbons (Fsp3) is 0.294. The van der Waals surface area contributed by atoms with Crippen molar-refractivity contribution in [1.82, 2.24) is 4.90 Å². The second-order valence-electron chi connectivity index (χ2n) is 11.1. The lowest BCUT2D eigenvalue weighted by atomic mass is 9.76. The summed E-state index contributed by atoms with van der Waals surface area (Å²) in [6.45, 7) is 3.64. The number of hydrogen-bond acceptors (Lipinski definition) is 8. The van der Waals surface area contributed by atoms with Gasteiger partial charge < -0.3 is 4.74 Å². The molecule has 1 aliphatic carbocycles. The zero-order chi connectivity index (χ0) is 31.1. The Kier molecular flexibility index (Phi) is 9.71. The molecular formula is C34H33N3O7. The summed E-state index contributed by atoms with van der Waals surface area (Å²) in [5, 5.41) is 22.1. The number of likely N-dealkylation sites (tertiary alicyclic amines) is 1. The van der Waals surface area contributed by atoms with E-state index in [2.05, 4.69) is 4.90 Å². The van der Waals surface area contributed by atoms with Gasteiger partial charge in [0.15, 0.2) is 11.6 Å². The SMILES string of the molecule is O=C1/C(=C/c2ccc([N+](=O)[O-])cc2)CC(C(=O)c2ccc(OCCN3CCCCC3)cc2)C/C1=C\c1ccc([N+](=O)[O-])cc1. The molecule has 5 rings (SSSR count). The van der Waals surface area contributed by atoms with E-state index in [0.29, 0.717) is 40.2 Å². The van der Waals surface area contributed by atoms with Crippen molar-refractivity contribution in [2.45, 2.75) is 32.1 Å². The quantitative estimate of drug-likeness (QED) is 0.109. The Morgan fingerprint density at radius 1 is 0.773 bits per heavy atom. The van der Waals surface area contributed by atoms with Crippen LogP contribution in [0.3, 0.4) is 0 Å². The van der Waals surface area contributed by atoms with Crippen molar-refractivity contribution in [2.75, 3.05) is 26.2 Å². The Labute approximate surface area is 254 Å². The zero-order valence-corrected chi connectivity index (χ0v) is 24.2. The van der Waals surface area contributed by atoms with Crippen LogP contribution in [0.4, 0.5) is 11.4 Å². The van der Waals surface area contributed by atoms with Gasteiger partial charge in [0.05, 0.1) is 9.85 Å². The van der Waals surface area contributed by atoms with Crippen LogP contribution in [0.2, 0.25) is 0 Å². The second kappa shape index (κ2) is 14.0. The van der Waals surface area contributed by atoms with E-state index in [9.17, 15) is 29.8 Å². The number of non-ortho nitro benzene ring substituents is 2. The van der Waals surface area contributed by atoms with E-state index in [1.807, 2.05) is 0 Å². The minimum atomic E-state index is -0.521. The molecule has 1 saturated carbocycles. The normalized spacial score (nSPS) is 19.2. The topological polar surface area (TPSA) is 133 Å². The third-order valence-electron chi connectivity index (χ3n) is 8.04. The van der Waals surface area contributed by atoms with Crippen LogP contribution < -0.4 is 4.74 Å². The molecule has 44 heavy (non-hydrogen) atoms. The summed E-state index contributed by atoms with van der Waals surface area (Å²) in [5.74, 6) is -0.174. The van der Waals surface area contributed by atoms with Gasteiger partial charge in [-0.05, 0) is 111 Å². The predicted octanol–water partition coefficient (Wildman–Crippen LogP) is 6.70. The third kappa shape index (κ3) is 7.70. The van der Waals surface area contributed by atoms with Gasteiger partial charge in [-0.1, -0.05) is 6.42 Å². The average Bonchev–Trinajstić information content (AvgIpc) is 3.04. The molecule has 1 heterocycles. The van der Waals surface area contributed by atoms with E-state index in [-0.39, 0.29) is 35.8 Å². The highest BCUT2D eigenvalue weighted by Gasteiger charge is 2.32. The molecule has 0 amide bonds. The summed E-state index contributed by atoms with van der Waals surface area (Å²) in [5.41, 5.74) is 2.42. The molecule has 0 bridgehead atoms. The minimum Gasteiger partial charge on any atom is -0.492 e. The highest BCUT2D eigenvalue weighted by molar-refractivity contribution is 6.15. The largest absolute Gasteiger partial charge is 0.492 e. The van der Waals surface area contributed by atoms with Crippen molar-refractivity contribution in [3.05, 3.63) is 121 Å². The van der Waals surface area contributed by atoms with Crippen LogP contribution in [0.5, 0.6) is 5.75 Å². The number of allylic oxidation sites excluding steroid dienone is 2. The van der Waals surface area contributed by atoms with E-state index in [4.69, 9.17) is 4.74 Å². The van der Waals surface area contributed by atoms with Gasteiger partial charge in [-0.3, -0.25) is 34.7 Å². The van der Waals surface area contributed by atoms with Gasteiger partial charge in [-0.15, -0.1) is 0 Å². The van der Waals surface area contributed by atoms with Crippen molar-refractivity contribution >= 4 is 35.1 Å². The van der Waals surface area contributed by atoms with Gasteiger partial charge in [-0.2, -0.15) is 0 Å². The van der Waals surface area contributed by atoms with Crippen LogP contribution in [0.15, 0.2) is 83.9 Å². The van der Waals surface area contributed by atoms with Crippen LogP contribution in [-0.2, 0) is 4.79 Å². The van der Waals surface area contributed by atoms with Crippen LogP contribution in [-0.4, -0.2) is 52.6 Å². The monoisotopic (exact) mass is 595 g/mol. The lowest BCUT2D eigenvalue weighted by Gasteiger charge is -2.26. The lowest BCUT2D eigenvalue weighted by Crippen LogP contribution is -2.33. The Morgan fingerprint density at radius 3 is 1.75 bits per heavy atom. The number of carbonyl (C=O) groups is 2. The third-order valence-corrected chi connectivity index (χ3v) is 8.04. The number of carbonyl (C=O) groups excluding carboxylic acids is 2. The highest BCUT2D eigenvalue weighted by atomic mass is 16.6. The van der Waals surface area contributed by atoms with Crippen LogP contribution in [0.1, 0.15) is 53.6 Å². The fourth-order valence-electron chi connectivity index (χ4n) is 5.64. The zero-order valence-electron chi connectivity index (χ0n) is 24.2. The second-order valence-corrected chi connectivity index (χ2v) is 11.1. The lowest BCUT2D eigenvalue weighted by molar-refractivity contribution is -0.385. The molecule has 226 valence electrons. The number of nitro groups is 2. The van der Waals surface area contributed by atoms with Gasteiger partial charge in [0, 0.05) is 53.4 Å². The maximum absolute atomic E-state index is 13.7. The van der Waals surface area contributed by atoms with Crippen LogP contribution in [0.25, 0.3) is 12.2 Å². The molecule has 10 heteroatoms. The summed E-state index contributed by atoms with van der Waals surface area (Å²) < 4.78 is 5.92. The van der Waals surface area contributed by atoms with E-state index in [1.165, 1.54) is 43.5 Å². The molecule has 1 saturated heterocycles. The van der Waals surface area contributed by atoms with Gasteiger partial charge >= 0.3 is 0 Å². The number of hydrogen-bond donors (Lipinski definition) is 0. The van der Waals surface area contributed by atoms with E-state index < -0.39 is 15.8 Å². The van der Waals surface area contributed by atoms with E-state index in [1.54, 1.807) is 60.7 Å². The van der Waals surface area contributed by atoms with Crippen molar-refractivity contribution < 1.29 is 24.2 Å². The number of Topliss-reactive ketones (excluding diaryl/α,β-unsaturated/α-hetero) is 2. The number of nitro benzene ring substituents is 2. The Hall–Kier alpha value is -4.96. The Balaban J connectivity index is 1.35. The van der Waals surface area contributed by atoms with E-state index in [0.717, 1.165) is 19.6 Å². The molecule has 2 fully saturated rings. The van der Waals surface area contributed by atoms with Crippen molar-refractivity contribution in [2.24, 2.45) is 5.92 Å². The highest BCUT2D eigenvalue weighted by Crippen LogP contribution is 2.35. The fourth-order valence-corrected chi connectivity index (χ4v) is 5.64. The number of ether oxygens (including phenoxy) is 1.